The summed E-state index contributed by atoms with van der Waals surface area (Å²) in [6.45, 7) is 4.73. The van der Waals surface area contributed by atoms with Crippen LogP contribution >= 0.6 is 0 Å². The number of ether oxygens (including phenoxy) is 1. The van der Waals surface area contributed by atoms with Crippen LogP contribution in [-0.2, 0) is 4.74 Å². The second-order valence-electron chi connectivity index (χ2n) is 3.43. The summed E-state index contributed by atoms with van der Waals surface area (Å²) in [5.41, 5.74) is -0.183. The monoisotopic (exact) mass is 181 g/mol. The van der Waals surface area contributed by atoms with Gasteiger partial charge in [-0.1, -0.05) is 0 Å². The lowest BCUT2D eigenvalue weighted by atomic mass is 10.1. The van der Waals surface area contributed by atoms with Crippen molar-refractivity contribution in [3.63, 3.8) is 0 Å². The maximum Gasteiger partial charge on any atom is 0.148 e. The standard InChI is InChI=1S/C9H15N3O/c1-9(2,13-3)7-10-8-5-4-6-11-12-8/h4-6H,7H2,1-3H3,(H,10,12). The minimum absolute atomic E-state index is 0.183. The first-order valence-electron chi connectivity index (χ1n) is 4.21. The molecular weight excluding hydrogens is 166 g/mol. The van der Waals surface area contributed by atoms with Gasteiger partial charge in [0.25, 0.3) is 0 Å². The summed E-state index contributed by atoms with van der Waals surface area (Å²) in [5.74, 6) is 0.771. The van der Waals surface area contributed by atoms with E-state index in [2.05, 4.69) is 15.5 Å². The molecule has 1 heterocycles. The average Bonchev–Trinajstić information content (AvgIpc) is 2.17. The Balaban J connectivity index is 2.44. The SMILES string of the molecule is COC(C)(C)CNc1cccnn1. The Morgan fingerprint density at radius 3 is 2.85 bits per heavy atom. The predicted octanol–water partition coefficient (Wildman–Crippen LogP) is 1.31. The van der Waals surface area contributed by atoms with Gasteiger partial charge in [-0.25, -0.2) is 0 Å². The smallest absolute Gasteiger partial charge is 0.148 e. The molecule has 0 aromatic carbocycles. The van der Waals surface area contributed by atoms with Crippen molar-refractivity contribution < 1.29 is 4.74 Å². The van der Waals surface area contributed by atoms with Crippen LogP contribution in [0.5, 0.6) is 0 Å². The topological polar surface area (TPSA) is 47.0 Å². The Bertz CT molecular complexity index is 248. The van der Waals surface area contributed by atoms with Crippen molar-refractivity contribution >= 4 is 5.82 Å². The first-order chi connectivity index (χ1) is 6.14. The third kappa shape index (κ3) is 3.38. The number of rotatable bonds is 4. The molecular formula is C9H15N3O. The predicted molar refractivity (Wildman–Crippen MR) is 51.6 cm³/mol. The summed E-state index contributed by atoms with van der Waals surface area (Å²) in [5, 5.41) is 10.8. The number of methoxy groups -OCH3 is 1. The van der Waals surface area contributed by atoms with Crippen LogP contribution in [0.3, 0.4) is 0 Å². The minimum Gasteiger partial charge on any atom is -0.377 e. The third-order valence-corrected chi connectivity index (χ3v) is 1.82. The van der Waals surface area contributed by atoms with Gasteiger partial charge in [0.1, 0.15) is 5.82 Å². The molecule has 72 valence electrons. The number of anilines is 1. The molecule has 0 saturated carbocycles. The van der Waals surface area contributed by atoms with Crippen LogP contribution in [-0.4, -0.2) is 29.5 Å². The zero-order valence-corrected chi connectivity index (χ0v) is 8.24. The molecule has 0 saturated heterocycles. The van der Waals surface area contributed by atoms with Gasteiger partial charge in [-0.05, 0) is 26.0 Å². The van der Waals surface area contributed by atoms with E-state index in [1.165, 1.54) is 0 Å². The fourth-order valence-electron chi connectivity index (χ4n) is 0.771. The highest BCUT2D eigenvalue weighted by atomic mass is 16.5. The first kappa shape index (κ1) is 9.92. The maximum absolute atomic E-state index is 5.25. The fraction of sp³-hybridized carbons (Fsp3) is 0.556. The van der Waals surface area contributed by atoms with Gasteiger partial charge in [0.2, 0.25) is 0 Å². The lowest BCUT2D eigenvalue weighted by molar-refractivity contribution is 0.0343. The second-order valence-corrected chi connectivity index (χ2v) is 3.43. The van der Waals surface area contributed by atoms with Gasteiger partial charge in [0, 0.05) is 19.9 Å². The second kappa shape index (κ2) is 4.18. The Kier molecular flexibility index (Phi) is 3.19. The fourth-order valence-corrected chi connectivity index (χ4v) is 0.771. The number of nitrogens with one attached hydrogen (secondary N) is 1. The molecule has 13 heavy (non-hydrogen) atoms. The van der Waals surface area contributed by atoms with Gasteiger partial charge in [-0.15, -0.1) is 5.10 Å². The van der Waals surface area contributed by atoms with Crippen molar-refractivity contribution in [2.24, 2.45) is 0 Å². The molecule has 1 N–H and O–H groups in total. The summed E-state index contributed by atoms with van der Waals surface area (Å²) >= 11 is 0. The molecule has 0 radical (unpaired) electrons. The molecule has 0 aliphatic carbocycles. The van der Waals surface area contributed by atoms with E-state index in [4.69, 9.17) is 4.74 Å². The molecule has 0 aliphatic rings. The van der Waals surface area contributed by atoms with Crippen molar-refractivity contribution in [1.29, 1.82) is 0 Å². The molecule has 0 amide bonds. The molecule has 0 spiro atoms. The van der Waals surface area contributed by atoms with Gasteiger partial charge in [-0.3, -0.25) is 0 Å². The molecule has 0 aliphatic heterocycles. The van der Waals surface area contributed by atoms with Crippen LogP contribution in [0.4, 0.5) is 5.82 Å². The van der Waals surface area contributed by atoms with E-state index in [-0.39, 0.29) is 5.60 Å². The lowest BCUT2D eigenvalue weighted by Gasteiger charge is -2.23. The quantitative estimate of drug-likeness (QED) is 0.760. The average molecular weight is 181 g/mol. The van der Waals surface area contributed by atoms with Gasteiger partial charge in [-0.2, -0.15) is 5.10 Å². The molecule has 1 aromatic rings. The van der Waals surface area contributed by atoms with Crippen LogP contribution in [0.1, 0.15) is 13.8 Å². The van der Waals surface area contributed by atoms with Crippen LogP contribution in [0, 0.1) is 0 Å². The first-order valence-corrected chi connectivity index (χ1v) is 4.21. The van der Waals surface area contributed by atoms with Gasteiger partial charge >= 0.3 is 0 Å². The summed E-state index contributed by atoms with van der Waals surface area (Å²) in [7, 11) is 1.69. The highest BCUT2D eigenvalue weighted by Gasteiger charge is 2.15. The van der Waals surface area contributed by atoms with Crippen molar-refractivity contribution in [2.75, 3.05) is 19.0 Å². The summed E-state index contributed by atoms with van der Waals surface area (Å²) < 4.78 is 5.25. The van der Waals surface area contributed by atoms with E-state index in [1.54, 1.807) is 13.3 Å². The van der Waals surface area contributed by atoms with Gasteiger partial charge in [0.15, 0.2) is 0 Å². The zero-order valence-electron chi connectivity index (χ0n) is 8.24. The van der Waals surface area contributed by atoms with E-state index in [0.29, 0.717) is 6.54 Å². The largest absolute Gasteiger partial charge is 0.377 e. The highest BCUT2D eigenvalue weighted by molar-refractivity contribution is 5.31. The van der Waals surface area contributed by atoms with Crippen molar-refractivity contribution in [2.45, 2.75) is 19.4 Å². The summed E-state index contributed by atoms with van der Waals surface area (Å²) in [6.07, 6.45) is 1.65. The maximum atomic E-state index is 5.25. The third-order valence-electron chi connectivity index (χ3n) is 1.82. The van der Waals surface area contributed by atoms with Crippen molar-refractivity contribution in [3.05, 3.63) is 18.3 Å². The zero-order chi connectivity index (χ0) is 9.73. The molecule has 0 unspecified atom stereocenters. The number of nitrogens with zero attached hydrogens (tertiary/aromatic N) is 2. The molecule has 4 nitrogen and oxygen atoms in total. The van der Waals surface area contributed by atoms with Crippen LogP contribution in [0.2, 0.25) is 0 Å². The van der Waals surface area contributed by atoms with Gasteiger partial charge in [0.05, 0.1) is 5.60 Å². The van der Waals surface area contributed by atoms with Crippen molar-refractivity contribution in [3.8, 4) is 0 Å². The molecule has 4 heteroatoms. The van der Waals surface area contributed by atoms with Crippen molar-refractivity contribution in [1.82, 2.24) is 10.2 Å². The van der Waals surface area contributed by atoms with E-state index in [0.717, 1.165) is 5.82 Å². The van der Waals surface area contributed by atoms with Crippen LogP contribution < -0.4 is 5.32 Å². The summed E-state index contributed by atoms with van der Waals surface area (Å²) in [6, 6.07) is 3.72. The van der Waals surface area contributed by atoms with E-state index >= 15 is 0 Å². The Morgan fingerprint density at radius 1 is 1.54 bits per heavy atom. The normalized spacial score (nSPS) is 11.3. The van der Waals surface area contributed by atoms with Gasteiger partial charge < -0.3 is 10.1 Å². The van der Waals surface area contributed by atoms with Crippen LogP contribution in [0.25, 0.3) is 0 Å². The molecule has 0 fully saturated rings. The number of hydrogen-bond acceptors (Lipinski definition) is 4. The minimum atomic E-state index is -0.183. The molecule has 1 aromatic heterocycles. The Hall–Kier alpha value is -1.16. The van der Waals surface area contributed by atoms with E-state index in [9.17, 15) is 0 Å². The summed E-state index contributed by atoms with van der Waals surface area (Å²) in [4.78, 5) is 0. The lowest BCUT2D eigenvalue weighted by Crippen LogP contribution is -2.32. The number of hydrogen-bond donors (Lipinski definition) is 1. The molecule has 0 atom stereocenters. The highest BCUT2D eigenvalue weighted by Crippen LogP contribution is 2.08. The van der Waals surface area contributed by atoms with E-state index < -0.39 is 0 Å². The Morgan fingerprint density at radius 2 is 2.31 bits per heavy atom. The Labute approximate surface area is 78.3 Å². The van der Waals surface area contributed by atoms with Crippen LogP contribution in [0.15, 0.2) is 18.3 Å². The molecule has 0 bridgehead atoms. The number of aromatic nitrogens is 2. The molecule has 1 rings (SSSR count). The van der Waals surface area contributed by atoms with E-state index in [1.807, 2.05) is 26.0 Å².